The summed E-state index contributed by atoms with van der Waals surface area (Å²) in [6.45, 7) is 4.18. The van der Waals surface area contributed by atoms with Gasteiger partial charge >= 0.3 is 6.09 Å². The van der Waals surface area contributed by atoms with Gasteiger partial charge in [-0.15, -0.1) is 12.3 Å². The number of hydrogen-bond acceptors (Lipinski definition) is 4. The molecule has 2 aromatic heterocycles. The second kappa shape index (κ2) is 7.83. The lowest BCUT2D eigenvalue weighted by molar-refractivity contribution is 0.187. The van der Waals surface area contributed by atoms with Crippen LogP contribution < -0.4 is 10.1 Å². The molecule has 1 aromatic carbocycles. The number of methoxy groups -OCH3 is 1. The summed E-state index contributed by atoms with van der Waals surface area (Å²) in [5, 5.41) is 2.72. The van der Waals surface area contributed by atoms with Crippen LogP contribution in [0.3, 0.4) is 0 Å². The maximum absolute atomic E-state index is 11.6. The number of anilines is 1. The second-order valence-corrected chi connectivity index (χ2v) is 6.10. The summed E-state index contributed by atoms with van der Waals surface area (Å²) in [5.74, 6) is 3.31. The SMILES string of the molecule is C#CCc1c(C)nc2c(OCc3c(C)cccc3NC(=O)OC)cccn12. The van der Waals surface area contributed by atoms with E-state index < -0.39 is 6.09 Å². The van der Waals surface area contributed by atoms with Gasteiger partial charge in [-0.2, -0.15) is 0 Å². The van der Waals surface area contributed by atoms with Crippen LogP contribution in [0.15, 0.2) is 36.5 Å². The molecule has 1 amide bonds. The number of terminal acetylenes is 1. The minimum atomic E-state index is -0.522. The molecule has 0 aliphatic heterocycles. The zero-order valence-electron chi connectivity index (χ0n) is 15.6. The topological polar surface area (TPSA) is 64.9 Å². The van der Waals surface area contributed by atoms with E-state index in [1.165, 1.54) is 7.11 Å². The van der Waals surface area contributed by atoms with Crippen molar-refractivity contribution >= 4 is 17.4 Å². The predicted octanol–water partition coefficient (Wildman–Crippen LogP) is 3.88. The number of carbonyl (C=O) groups is 1. The Morgan fingerprint density at radius 2 is 2.11 bits per heavy atom. The Morgan fingerprint density at radius 3 is 2.85 bits per heavy atom. The van der Waals surface area contributed by atoms with Gasteiger partial charge in [0, 0.05) is 11.8 Å². The number of ether oxygens (including phenoxy) is 2. The van der Waals surface area contributed by atoms with Crippen molar-refractivity contribution in [2.45, 2.75) is 26.9 Å². The molecule has 0 saturated carbocycles. The molecule has 0 atom stereocenters. The van der Waals surface area contributed by atoms with Crippen LogP contribution in [0.2, 0.25) is 0 Å². The zero-order chi connectivity index (χ0) is 19.4. The molecule has 0 radical (unpaired) electrons. The molecule has 6 nitrogen and oxygen atoms in total. The number of benzene rings is 1. The second-order valence-electron chi connectivity index (χ2n) is 6.10. The fraction of sp³-hybridized carbons (Fsp3) is 0.238. The first-order valence-electron chi connectivity index (χ1n) is 8.51. The Balaban J connectivity index is 1.91. The molecular formula is C21H21N3O3. The third-order valence-corrected chi connectivity index (χ3v) is 4.39. The van der Waals surface area contributed by atoms with Crippen LogP contribution in [0, 0.1) is 26.2 Å². The molecule has 0 spiro atoms. The van der Waals surface area contributed by atoms with E-state index >= 15 is 0 Å². The van der Waals surface area contributed by atoms with Crippen LogP contribution in [0.5, 0.6) is 5.75 Å². The van der Waals surface area contributed by atoms with Gasteiger partial charge in [0.1, 0.15) is 6.61 Å². The van der Waals surface area contributed by atoms with Gasteiger partial charge in [-0.05, 0) is 37.6 Å². The largest absolute Gasteiger partial charge is 0.485 e. The number of fused-ring (bicyclic) bond motifs is 1. The lowest BCUT2D eigenvalue weighted by atomic mass is 10.1. The molecule has 2 heterocycles. The molecule has 6 heteroatoms. The Kier molecular flexibility index (Phi) is 5.32. The Hall–Kier alpha value is -3.46. The summed E-state index contributed by atoms with van der Waals surface area (Å²) in [7, 11) is 1.33. The molecule has 0 fully saturated rings. The summed E-state index contributed by atoms with van der Waals surface area (Å²) >= 11 is 0. The van der Waals surface area contributed by atoms with Gasteiger partial charge in [-0.25, -0.2) is 9.78 Å². The minimum absolute atomic E-state index is 0.280. The first-order chi connectivity index (χ1) is 13.0. The number of carbonyl (C=O) groups excluding carboxylic acids is 1. The minimum Gasteiger partial charge on any atom is -0.485 e. The van der Waals surface area contributed by atoms with E-state index in [2.05, 4.69) is 21.0 Å². The van der Waals surface area contributed by atoms with Crippen LogP contribution >= 0.6 is 0 Å². The van der Waals surface area contributed by atoms with Gasteiger partial charge in [0.05, 0.1) is 30.6 Å². The van der Waals surface area contributed by atoms with Crippen molar-refractivity contribution in [2.24, 2.45) is 0 Å². The van der Waals surface area contributed by atoms with E-state index in [4.69, 9.17) is 11.2 Å². The van der Waals surface area contributed by atoms with Crippen molar-refractivity contribution in [1.82, 2.24) is 9.38 Å². The number of nitrogens with zero attached hydrogens (tertiary/aromatic N) is 2. The number of amides is 1. The highest BCUT2D eigenvalue weighted by molar-refractivity contribution is 5.85. The highest BCUT2D eigenvalue weighted by atomic mass is 16.5. The van der Waals surface area contributed by atoms with Crippen LogP contribution in [0.1, 0.15) is 22.5 Å². The average Bonchev–Trinajstić information content (AvgIpc) is 2.98. The molecule has 3 aromatic rings. The summed E-state index contributed by atoms with van der Waals surface area (Å²) < 4.78 is 12.7. The maximum atomic E-state index is 11.6. The number of rotatable bonds is 5. The Morgan fingerprint density at radius 1 is 1.30 bits per heavy atom. The van der Waals surface area contributed by atoms with Gasteiger partial charge in [-0.1, -0.05) is 12.1 Å². The van der Waals surface area contributed by atoms with Crippen molar-refractivity contribution in [2.75, 3.05) is 12.4 Å². The standard InChI is InChI=1S/C21H21N3O3/c1-5-8-18-15(3)22-20-19(11-7-12-24(18)20)27-13-16-14(2)9-6-10-17(16)23-21(25)26-4/h1,6-7,9-12H,8,13H2,2-4H3,(H,23,25). The quantitative estimate of drug-likeness (QED) is 0.699. The fourth-order valence-corrected chi connectivity index (χ4v) is 2.95. The molecule has 0 unspecified atom stereocenters. The number of pyridine rings is 1. The van der Waals surface area contributed by atoms with Gasteiger partial charge in [0.25, 0.3) is 0 Å². The van der Waals surface area contributed by atoms with Gasteiger partial charge in [0.15, 0.2) is 11.4 Å². The highest BCUT2D eigenvalue weighted by Gasteiger charge is 2.14. The van der Waals surface area contributed by atoms with Crippen LogP contribution in [-0.4, -0.2) is 22.6 Å². The molecule has 0 aliphatic carbocycles. The van der Waals surface area contributed by atoms with E-state index in [1.54, 1.807) is 0 Å². The number of imidazole rings is 1. The number of nitrogens with one attached hydrogen (secondary N) is 1. The van der Waals surface area contributed by atoms with Gasteiger partial charge in [0.2, 0.25) is 0 Å². The summed E-state index contributed by atoms with van der Waals surface area (Å²) in [6.07, 6.45) is 7.37. The molecule has 138 valence electrons. The first kappa shape index (κ1) is 18.3. The van der Waals surface area contributed by atoms with E-state index in [0.29, 0.717) is 17.9 Å². The predicted molar refractivity (Wildman–Crippen MR) is 104 cm³/mol. The maximum Gasteiger partial charge on any atom is 0.411 e. The third kappa shape index (κ3) is 3.72. The van der Waals surface area contributed by atoms with E-state index in [1.807, 2.05) is 54.8 Å². The van der Waals surface area contributed by atoms with Crippen molar-refractivity contribution < 1.29 is 14.3 Å². The van der Waals surface area contributed by atoms with Gasteiger partial charge < -0.3 is 9.47 Å². The van der Waals surface area contributed by atoms with Crippen molar-refractivity contribution in [1.29, 1.82) is 0 Å². The fourth-order valence-electron chi connectivity index (χ4n) is 2.95. The summed E-state index contributed by atoms with van der Waals surface area (Å²) in [6, 6.07) is 9.41. The van der Waals surface area contributed by atoms with Crippen molar-refractivity contribution in [3.05, 3.63) is 59.0 Å². The normalized spacial score (nSPS) is 10.4. The van der Waals surface area contributed by atoms with Crippen LogP contribution in [-0.2, 0) is 17.8 Å². The summed E-state index contributed by atoms with van der Waals surface area (Å²) in [4.78, 5) is 16.2. The molecule has 27 heavy (non-hydrogen) atoms. The van der Waals surface area contributed by atoms with Crippen LogP contribution in [0.25, 0.3) is 5.65 Å². The molecule has 3 rings (SSSR count). The van der Waals surface area contributed by atoms with Crippen molar-refractivity contribution in [3.63, 3.8) is 0 Å². The molecular weight excluding hydrogens is 342 g/mol. The van der Waals surface area contributed by atoms with Crippen LogP contribution in [0.4, 0.5) is 10.5 Å². The smallest absolute Gasteiger partial charge is 0.411 e. The lowest BCUT2D eigenvalue weighted by Crippen LogP contribution is -2.14. The highest BCUT2D eigenvalue weighted by Crippen LogP contribution is 2.26. The van der Waals surface area contributed by atoms with Gasteiger partial charge in [-0.3, -0.25) is 9.72 Å². The number of hydrogen-bond donors (Lipinski definition) is 1. The lowest BCUT2D eigenvalue weighted by Gasteiger charge is -2.14. The molecule has 0 bridgehead atoms. The Bertz CT molecular complexity index is 1030. The zero-order valence-corrected chi connectivity index (χ0v) is 15.6. The summed E-state index contributed by atoms with van der Waals surface area (Å²) in [5.41, 5.74) is 5.10. The van der Waals surface area contributed by atoms with E-state index in [-0.39, 0.29) is 6.61 Å². The molecule has 1 N–H and O–H groups in total. The monoisotopic (exact) mass is 363 g/mol. The first-order valence-corrected chi connectivity index (χ1v) is 8.51. The number of aryl methyl sites for hydroxylation is 2. The average molecular weight is 363 g/mol. The van der Waals surface area contributed by atoms with Crippen molar-refractivity contribution in [3.8, 4) is 18.1 Å². The molecule has 0 saturated heterocycles. The van der Waals surface area contributed by atoms with E-state index in [0.717, 1.165) is 28.2 Å². The van der Waals surface area contributed by atoms with E-state index in [9.17, 15) is 4.79 Å². The Labute approximate surface area is 158 Å². The molecule has 0 aliphatic rings. The third-order valence-electron chi connectivity index (χ3n) is 4.39. The number of aromatic nitrogens is 2.